The number of nitrogens with zero attached hydrogens (tertiary/aromatic N) is 5. The quantitative estimate of drug-likeness (QED) is 0.631. The summed E-state index contributed by atoms with van der Waals surface area (Å²) in [5.74, 6) is 0.687. The summed E-state index contributed by atoms with van der Waals surface area (Å²) in [4.78, 5) is 19.9. The van der Waals surface area contributed by atoms with Crippen LogP contribution in [0.25, 0.3) is 0 Å². The van der Waals surface area contributed by atoms with E-state index in [0.29, 0.717) is 11.0 Å². The average molecular weight is 317 g/mol. The molecule has 0 aliphatic rings. The van der Waals surface area contributed by atoms with E-state index in [1.165, 1.54) is 6.20 Å². The third-order valence-corrected chi connectivity index (χ3v) is 3.54. The Hall–Kier alpha value is -2.60. The summed E-state index contributed by atoms with van der Waals surface area (Å²) in [7, 11) is 0. The first kappa shape index (κ1) is 15.8. The maximum Gasteiger partial charge on any atom is 0.235 e. The number of nitriles is 1. The number of nitrogens with two attached hydrogens (primary N) is 1. The van der Waals surface area contributed by atoms with Gasteiger partial charge >= 0.3 is 0 Å². The second-order valence-electron chi connectivity index (χ2n) is 4.65. The van der Waals surface area contributed by atoms with Gasteiger partial charge in [0.2, 0.25) is 5.91 Å². The van der Waals surface area contributed by atoms with Gasteiger partial charge in [0.25, 0.3) is 0 Å². The van der Waals surface area contributed by atoms with Gasteiger partial charge in [0.1, 0.15) is 23.3 Å². The molecule has 114 valence electrons. The van der Waals surface area contributed by atoms with Crippen molar-refractivity contribution in [2.45, 2.75) is 25.0 Å². The molecular formula is C13H15N7OS. The minimum atomic E-state index is -0.195. The van der Waals surface area contributed by atoms with Crippen molar-refractivity contribution in [3.8, 4) is 6.07 Å². The topological polar surface area (TPSA) is 123 Å². The molecule has 0 atom stereocenters. The lowest BCUT2D eigenvalue weighted by Gasteiger charge is -2.11. The van der Waals surface area contributed by atoms with E-state index in [1.54, 1.807) is 16.9 Å². The molecule has 0 aliphatic heterocycles. The van der Waals surface area contributed by atoms with Crippen LogP contribution in [0.4, 0.5) is 11.6 Å². The lowest BCUT2D eigenvalue weighted by Crippen LogP contribution is -2.18. The van der Waals surface area contributed by atoms with Crippen molar-refractivity contribution in [3.05, 3.63) is 24.0 Å². The number of rotatable bonds is 5. The standard InChI is InChI=1S/C13H15N7OS/c1-8(2)20-10(3-4-17-20)18-11(21)7-22-13-16-6-9(5-14)12(15)19-13/h3-4,6,8H,7H2,1-2H3,(H,18,21)(H2,15,16,19). The number of carbonyl (C=O) groups is 1. The molecule has 9 heteroatoms. The Balaban J connectivity index is 1.94. The normalized spacial score (nSPS) is 10.5. The molecule has 0 aromatic carbocycles. The van der Waals surface area contributed by atoms with Gasteiger partial charge in [-0.05, 0) is 13.8 Å². The van der Waals surface area contributed by atoms with Crippen LogP contribution in [0.15, 0.2) is 23.6 Å². The van der Waals surface area contributed by atoms with E-state index in [9.17, 15) is 4.79 Å². The Morgan fingerprint density at radius 3 is 3.00 bits per heavy atom. The van der Waals surface area contributed by atoms with Gasteiger partial charge in [-0.25, -0.2) is 14.6 Å². The Labute approximate surface area is 131 Å². The summed E-state index contributed by atoms with van der Waals surface area (Å²) in [5, 5.41) is 16.0. The van der Waals surface area contributed by atoms with E-state index in [-0.39, 0.29) is 29.1 Å². The van der Waals surface area contributed by atoms with Crippen molar-refractivity contribution in [3.63, 3.8) is 0 Å². The maximum absolute atomic E-state index is 12.0. The fourth-order valence-corrected chi connectivity index (χ4v) is 2.29. The van der Waals surface area contributed by atoms with E-state index in [0.717, 1.165) is 11.8 Å². The summed E-state index contributed by atoms with van der Waals surface area (Å²) in [6.07, 6.45) is 2.98. The minimum absolute atomic E-state index is 0.110. The first-order chi connectivity index (χ1) is 10.5. The SMILES string of the molecule is CC(C)n1nccc1NC(=O)CSc1ncc(C#N)c(N)n1. The third kappa shape index (κ3) is 3.73. The molecule has 0 fully saturated rings. The molecule has 0 unspecified atom stereocenters. The second kappa shape index (κ2) is 6.91. The molecule has 0 bridgehead atoms. The number of hydrogen-bond donors (Lipinski definition) is 2. The van der Waals surface area contributed by atoms with Crippen LogP contribution >= 0.6 is 11.8 Å². The zero-order valence-electron chi connectivity index (χ0n) is 12.1. The molecule has 0 radical (unpaired) electrons. The number of nitrogens with one attached hydrogen (secondary N) is 1. The zero-order valence-corrected chi connectivity index (χ0v) is 13.0. The average Bonchev–Trinajstić information content (AvgIpc) is 2.93. The molecule has 1 amide bonds. The van der Waals surface area contributed by atoms with Crippen LogP contribution in [-0.2, 0) is 4.79 Å². The number of nitrogen functional groups attached to an aromatic ring is 1. The summed E-state index contributed by atoms with van der Waals surface area (Å²) in [5.41, 5.74) is 5.82. The van der Waals surface area contributed by atoms with E-state index in [2.05, 4.69) is 20.4 Å². The van der Waals surface area contributed by atoms with Gasteiger partial charge in [0.05, 0.1) is 18.1 Å². The van der Waals surface area contributed by atoms with Gasteiger partial charge in [-0.1, -0.05) is 11.8 Å². The number of amides is 1. The predicted molar refractivity (Wildman–Crippen MR) is 83.1 cm³/mol. The Morgan fingerprint density at radius 2 is 2.36 bits per heavy atom. The van der Waals surface area contributed by atoms with Gasteiger partial charge in [0.15, 0.2) is 5.16 Å². The predicted octanol–water partition coefficient (Wildman–Crippen LogP) is 1.44. The number of anilines is 2. The van der Waals surface area contributed by atoms with E-state index < -0.39 is 0 Å². The highest BCUT2D eigenvalue weighted by Gasteiger charge is 2.11. The highest BCUT2D eigenvalue weighted by Crippen LogP contribution is 2.17. The van der Waals surface area contributed by atoms with Crippen molar-refractivity contribution in [2.24, 2.45) is 0 Å². The highest BCUT2D eigenvalue weighted by molar-refractivity contribution is 7.99. The van der Waals surface area contributed by atoms with Gasteiger partial charge in [-0.15, -0.1) is 0 Å². The molecule has 2 rings (SSSR count). The van der Waals surface area contributed by atoms with Crippen LogP contribution in [0.3, 0.4) is 0 Å². The molecule has 22 heavy (non-hydrogen) atoms. The number of thioether (sulfide) groups is 1. The van der Waals surface area contributed by atoms with Crippen LogP contribution in [0.5, 0.6) is 0 Å². The van der Waals surface area contributed by atoms with Crippen molar-refractivity contribution < 1.29 is 4.79 Å². The number of carbonyl (C=O) groups excluding carboxylic acids is 1. The van der Waals surface area contributed by atoms with Crippen LogP contribution in [0.1, 0.15) is 25.5 Å². The van der Waals surface area contributed by atoms with Crippen LogP contribution in [-0.4, -0.2) is 31.4 Å². The van der Waals surface area contributed by atoms with Gasteiger partial charge in [-0.2, -0.15) is 10.4 Å². The lowest BCUT2D eigenvalue weighted by molar-refractivity contribution is -0.113. The van der Waals surface area contributed by atoms with Crippen LogP contribution in [0, 0.1) is 11.3 Å². The van der Waals surface area contributed by atoms with E-state index in [1.807, 2.05) is 19.9 Å². The van der Waals surface area contributed by atoms with Gasteiger partial charge < -0.3 is 11.1 Å². The fourth-order valence-electron chi connectivity index (χ4n) is 1.67. The van der Waals surface area contributed by atoms with Crippen molar-refractivity contribution in [2.75, 3.05) is 16.8 Å². The molecule has 3 N–H and O–H groups in total. The Bertz CT molecular complexity index is 719. The zero-order chi connectivity index (χ0) is 16.1. The smallest absolute Gasteiger partial charge is 0.235 e. The van der Waals surface area contributed by atoms with Gasteiger partial charge in [0, 0.05) is 12.1 Å². The molecule has 0 aliphatic carbocycles. The highest BCUT2D eigenvalue weighted by atomic mass is 32.2. The Morgan fingerprint density at radius 1 is 1.59 bits per heavy atom. The number of hydrogen-bond acceptors (Lipinski definition) is 7. The molecule has 0 spiro atoms. The van der Waals surface area contributed by atoms with Gasteiger partial charge in [-0.3, -0.25) is 4.79 Å². The Kier molecular flexibility index (Phi) is 4.95. The minimum Gasteiger partial charge on any atom is -0.382 e. The molecule has 0 saturated carbocycles. The molecule has 2 aromatic heterocycles. The lowest BCUT2D eigenvalue weighted by atomic mass is 10.3. The molecule has 2 heterocycles. The monoisotopic (exact) mass is 317 g/mol. The van der Waals surface area contributed by atoms with Crippen molar-refractivity contribution >= 4 is 29.3 Å². The van der Waals surface area contributed by atoms with E-state index in [4.69, 9.17) is 11.0 Å². The van der Waals surface area contributed by atoms with Crippen LogP contribution < -0.4 is 11.1 Å². The largest absolute Gasteiger partial charge is 0.382 e. The molecule has 0 saturated heterocycles. The molecular weight excluding hydrogens is 302 g/mol. The summed E-state index contributed by atoms with van der Waals surface area (Å²) in [6.45, 7) is 3.95. The summed E-state index contributed by atoms with van der Waals surface area (Å²) in [6, 6.07) is 3.77. The second-order valence-corrected chi connectivity index (χ2v) is 5.60. The van der Waals surface area contributed by atoms with Crippen molar-refractivity contribution in [1.82, 2.24) is 19.7 Å². The first-order valence-corrected chi connectivity index (χ1v) is 7.48. The van der Waals surface area contributed by atoms with Crippen molar-refractivity contribution in [1.29, 1.82) is 5.26 Å². The summed E-state index contributed by atoms with van der Waals surface area (Å²) >= 11 is 1.14. The van der Waals surface area contributed by atoms with Crippen LogP contribution in [0.2, 0.25) is 0 Å². The summed E-state index contributed by atoms with van der Waals surface area (Å²) < 4.78 is 1.72. The van der Waals surface area contributed by atoms with E-state index >= 15 is 0 Å². The first-order valence-electron chi connectivity index (χ1n) is 6.50. The fraction of sp³-hybridized carbons (Fsp3) is 0.308. The third-order valence-electron chi connectivity index (χ3n) is 2.68. The number of aromatic nitrogens is 4. The molecule has 8 nitrogen and oxygen atoms in total. The molecule has 2 aromatic rings. The maximum atomic E-state index is 12.0.